The second kappa shape index (κ2) is 6.40. The lowest BCUT2D eigenvalue weighted by atomic mass is 10.0. The maximum Gasteiger partial charge on any atom is 0.228 e. The average Bonchev–Trinajstić information content (AvgIpc) is 2.99. The number of hydrogen-bond donors (Lipinski definition) is 1. The van der Waals surface area contributed by atoms with Crippen LogP contribution in [0.3, 0.4) is 0 Å². The molecule has 0 atom stereocenters. The van der Waals surface area contributed by atoms with Crippen molar-refractivity contribution in [2.24, 2.45) is 0 Å². The summed E-state index contributed by atoms with van der Waals surface area (Å²) in [5, 5.41) is 14.9. The van der Waals surface area contributed by atoms with E-state index in [-0.39, 0.29) is 5.91 Å². The molecule has 2 heterocycles. The number of nitrogens with one attached hydrogen (secondary N) is 1. The maximum atomic E-state index is 12.0. The van der Waals surface area contributed by atoms with Gasteiger partial charge in [0.05, 0.1) is 6.42 Å². The molecule has 4 rings (SSSR count). The fourth-order valence-electron chi connectivity index (χ4n) is 3.23. The average molecular weight is 330 g/mol. The molecular weight excluding hydrogens is 312 g/mol. The highest BCUT2D eigenvalue weighted by molar-refractivity contribution is 5.99. The second-order valence-electron chi connectivity index (χ2n) is 6.38. The Morgan fingerprint density at radius 1 is 0.920 bits per heavy atom. The van der Waals surface area contributed by atoms with E-state index in [1.54, 1.807) is 12.4 Å². The van der Waals surface area contributed by atoms with Crippen molar-refractivity contribution in [2.75, 3.05) is 5.32 Å². The monoisotopic (exact) mass is 330 g/mol. The number of rotatable bonds is 4. The van der Waals surface area contributed by atoms with E-state index in [0.29, 0.717) is 6.42 Å². The Bertz CT molecular complexity index is 936. The van der Waals surface area contributed by atoms with Crippen LogP contribution in [-0.4, -0.2) is 5.91 Å². The molecule has 4 heteroatoms. The molecule has 0 saturated carbocycles. The van der Waals surface area contributed by atoms with E-state index >= 15 is 0 Å². The van der Waals surface area contributed by atoms with E-state index in [4.69, 9.17) is 0 Å². The number of fused-ring (bicyclic) bond motifs is 1. The van der Waals surface area contributed by atoms with Crippen molar-refractivity contribution in [3.63, 3.8) is 0 Å². The number of pyridine rings is 1. The normalized spacial score (nSPS) is 12.7. The van der Waals surface area contributed by atoms with Crippen molar-refractivity contribution in [1.29, 1.82) is 0 Å². The molecule has 3 aromatic rings. The molecule has 2 aromatic carbocycles. The number of hydrogen-bond acceptors (Lipinski definition) is 2. The first-order valence-corrected chi connectivity index (χ1v) is 8.37. The number of aromatic nitrogens is 1. The molecule has 1 aliphatic heterocycles. The Labute approximate surface area is 146 Å². The van der Waals surface area contributed by atoms with Crippen molar-refractivity contribution in [3.8, 4) is 11.1 Å². The number of anilines is 1. The summed E-state index contributed by atoms with van der Waals surface area (Å²) < 4.78 is 0.863. The van der Waals surface area contributed by atoms with E-state index in [9.17, 15) is 10.0 Å². The van der Waals surface area contributed by atoms with E-state index < -0.39 is 0 Å². The fraction of sp³-hybridized carbons (Fsp3) is 0.143. The highest BCUT2D eigenvalue weighted by Crippen LogP contribution is 2.29. The topological polar surface area (TPSA) is 56.0 Å². The molecule has 0 fully saturated rings. The predicted molar refractivity (Wildman–Crippen MR) is 97.0 cm³/mol. The molecule has 1 N–H and O–H groups in total. The summed E-state index contributed by atoms with van der Waals surface area (Å²) in [4.78, 5) is 11.5. The molecule has 4 nitrogen and oxygen atoms in total. The number of benzene rings is 2. The third-order valence-electron chi connectivity index (χ3n) is 4.51. The number of carbonyl (C=O) groups is 1. The van der Waals surface area contributed by atoms with Crippen LogP contribution in [0.1, 0.15) is 16.7 Å². The standard InChI is InChI=1S/C21H18N2O2/c24-21-12-18-9-8-17(11-20(18)22-21)19-10-16(13-23(25)14-19)7-6-15-4-2-1-3-5-15/h1-5,8-11,13-14H,6-7,12H2,(H,22,24). The summed E-state index contributed by atoms with van der Waals surface area (Å²) >= 11 is 0. The number of nitrogens with zero attached hydrogens (tertiary/aromatic N) is 1. The van der Waals surface area contributed by atoms with E-state index in [1.165, 1.54) is 5.56 Å². The quantitative estimate of drug-likeness (QED) is 0.590. The summed E-state index contributed by atoms with van der Waals surface area (Å²) in [6.07, 6.45) is 5.33. The van der Waals surface area contributed by atoms with Crippen LogP contribution in [-0.2, 0) is 24.1 Å². The van der Waals surface area contributed by atoms with E-state index in [2.05, 4.69) is 23.5 Å². The van der Waals surface area contributed by atoms with Gasteiger partial charge >= 0.3 is 0 Å². The molecule has 0 aliphatic carbocycles. The first-order valence-electron chi connectivity index (χ1n) is 8.37. The zero-order chi connectivity index (χ0) is 17.2. The maximum absolute atomic E-state index is 12.0. The first kappa shape index (κ1) is 15.4. The number of aryl methyl sites for hydroxylation is 2. The van der Waals surface area contributed by atoms with Crippen LogP contribution in [0.5, 0.6) is 0 Å². The van der Waals surface area contributed by atoms with Gasteiger partial charge in [0.15, 0.2) is 12.4 Å². The molecule has 0 unspecified atom stereocenters. The Morgan fingerprint density at radius 3 is 2.56 bits per heavy atom. The summed E-state index contributed by atoms with van der Waals surface area (Å²) in [5.41, 5.74) is 5.90. The van der Waals surface area contributed by atoms with Crippen molar-refractivity contribution in [2.45, 2.75) is 19.3 Å². The van der Waals surface area contributed by atoms with Crippen LogP contribution in [0.4, 0.5) is 5.69 Å². The van der Waals surface area contributed by atoms with Gasteiger partial charge in [-0.1, -0.05) is 42.5 Å². The van der Waals surface area contributed by atoms with Crippen molar-refractivity contribution >= 4 is 11.6 Å². The minimum atomic E-state index is 0.0163. The van der Waals surface area contributed by atoms with Gasteiger partial charge in [0.1, 0.15) is 0 Å². The van der Waals surface area contributed by atoms with Crippen LogP contribution in [0, 0.1) is 5.21 Å². The molecule has 1 amide bonds. The highest BCUT2D eigenvalue weighted by Gasteiger charge is 2.18. The summed E-state index contributed by atoms with van der Waals surface area (Å²) in [5.74, 6) is 0.0163. The van der Waals surface area contributed by atoms with Gasteiger partial charge in [-0.15, -0.1) is 0 Å². The second-order valence-corrected chi connectivity index (χ2v) is 6.38. The molecule has 0 radical (unpaired) electrons. The van der Waals surface area contributed by atoms with Gasteiger partial charge in [-0.2, -0.15) is 4.73 Å². The van der Waals surface area contributed by atoms with Crippen LogP contribution < -0.4 is 10.0 Å². The zero-order valence-electron chi connectivity index (χ0n) is 13.7. The molecule has 25 heavy (non-hydrogen) atoms. The van der Waals surface area contributed by atoms with Gasteiger partial charge in [-0.3, -0.25) is 4.79 Å². The van der Waals surface area contributed by atoms with Gasteiger partial charge in [0.2, 0.25) is 5.91 Å². The smallest absolute Gasteiger partial charge is 0.228 e. The lowest BCUT2D eigenvalue weighted by Gasteiger charge is -2.08. The van der Waals surface area contributed by atoms with E-state index in [0.717, 1.165) is 45.5 Å². The Hall–Kier alpha value is -3.14. The summed E-state index contributed by atoms with van der Waals surface area (Å²) in [7, 11) is 0. The summed E-state index contributed by atoms with van der Waals surface area (Å²) in [6.45, 7) is 0. The Balaban J connectivity index is 1.59. The lowest BCUT2D eigenvalue weighted by Crippen LogP contribution is -2.25. The minimum Gasteiger partial charge on any atom is -0.619 e. The fourth-order valence-corrected chi connectivity index (χ4v) is 3.23. The number of amides is 1. The highest BCUT2D eigenvalue weighted by atomic mass is 16.5. The Morgan fingerprint density at radius 2 is 1.72 bits per heavy atom. The van der Waals surface area contributed by atoms with Crippen molar-refractivity contribution in [3.05, 3.63) is 88.9 Å². The SMILES string of the molecule is O=C1Cc2ccc(-c3cc(CCc4ccccc4)c[n+]([O-])c3)cc2N1. The third kappa shape index (κ3) is 3.38. The third-order valence-corrected chi connectivity index (χ3v) is 4.51. The van der Waals surface area contributed by atoms with Crippen LogP contribution in [0.15, 0.2) is 67.0 Å². The number of carbonyl (C=O) groups excluding carboxylic acids is 1. The van der Waals surface area contributed by atoms with Crippen molar-refractivity contribution < 1.29 is 9.52 Å². The molecule has 0 spiro atoms. The van der Waals surface area contributed by atoms with Crippen LogP contribution in [0.25, 0.3) is 11.1 Å². The minimum absolute atomic E-state index is 0.0163. The van der Waals surface area contributed by atoms with Gasteiger partial charge < -0.3 is 10.5 Å². The van der Waals surface area contributed by atoms with Crippen LogP contribution in [0.2, 0.25) is 0 Å². The predicted octanol–water partition coefficient (Wildman–Crippen LogP) is 3.27. The first-order chi connectivity index (χ1) is 12.2. The van der Waals surface area contributed by atoms with Gasteiger partial charge in [0.25, 0.3) is 0 Å². The molecule has 1 aliphatic rings. The van der Waals surface area contributed by atoms with Gasteiger partial charge in [0, 0.05) is 16.8 Å². The zero-order valence-corrected chi connectivity index (χ0v) is 13.7. The van der Waals surface area contributed by atoms with E-state index in [1.807, 2.05) is 36.4 Å². The summed E-state index contributed by atoms with van der Waals surface area (Å²) in [6, 6.07) is 18.2. The largest absolute Gasteiger partial charge is 0.619 e. The molecule has 0 bridgehead atoms. The van der Waals surface area contributed by atoms with Gasteiger partial charge in [-0.05, 0) is 41.7 Å². The van der Waals surface area contributed by atoms with Crippen molar-refractivity contribution in [1.82, 2.24) is 0 Å². The Kier molecular flexibility index (Phi) is 3.94. The lowest BCUT2D eigenvalue weighted by molar-refractivity contribution is -0.605. The van der Waals surface area contributed by atoms with Gasteiger partial charge in [-0.25, -0.2) is 0 Å². The molecule has 0 saturated heterocycles. The van der Waals surface area contributed by atoms with Crippen LogP contribution >= 0.6 is 0 Å². The molecular formula is C21H18N2O2. The molecule has 124 valence electrons. The molecule has 1 aromatic heterocycles.